The van der Waals surface area contributed by atoms with Crippen LogP contribution in [0.2, 0.25) is 5.02 Å². The Hall–Kier alpha value is -3.31. The molecule has 3 aromatic carbocycles. The van der Waals surface area contributed by atoms with Gasteiger partial charge in [-0.05, 0) is 61.2 Å². The first kappa shape index (κ1) is 24.8. The van der Waals surface area contributed by atoms with E-state index < -0.39 is 0 Å². The van der Waals surface area contributed by atoms with E-state index in [2.05, 4.69) is 34.1 Å². The van der Waals surface area contributed by atoms with Crippen molar-refractivity contribution in [2.75, 3.05) is 13.2 Å². The number of para-hydroxylation sites is 2. The molecule has 0 aliphatic rings. The molecule has 0 aliphatic carbocycles. The number of amides is 1. The molecule has 1 aromatic heterocycles. The van der Waals surface area contributed by atoms with Gasteiger partial charge in [-0.2, -0.15) is 0 Å². The van der Waals surface area contributed by atoms with Gasteiger partial charge in [0.1, 0.15) is 18.2 Å². The Morgan fingerprint density at radius 1 is 0.886 bits per heavy atom. The van der Waals surface area contributed by atoms with Gasteiger partial charge >= 0.3 is 0 Å². The minimum atomic E-state index is 0.122. The van der Waals surface area contributed by atoms with Gasteiger partial charge in [0.05, 0.1) is 17.6 Å². The van der Waals surface area contributed by atoms with E-state index in [0.29, 0.717) is 18.1 Å². The van der Waals surface area contributed by atoms with Gasteiger partial charge in [0, 0.05) is 24.4 Å². The number of aromatic nitrogens is 2. The van der Waals surface area contributed by atoms with Crippen molar-refractivity contribution in [1.82, 2.24) is 14.9 Å². The Bertz CT molecular complexity index is 1210. The molecule has 0 aliphatic heterocycles. The highest BCUT2D eigenvalue weighted by molar-refractivity contribution is 6.30. The summed E-state index contributed by atoms with van der Waals surface area (Å²) in [6.07, 6.45) is 5.26. The standard InChI is InChI=1S/C29H32ClN3O2/c30-24-15-17-25(18-16-24)35-22-21-33-27-12-7-6-11-26(27)32-28(33)13-5-2-8-20-31-29(34)19-14-23-9-3-1-4-10-23/h1,3-4,6-7,9-12,15-18H,2,5,8,13-14,19-22H2,(H,31,34). The summed E-state index contributed by atoms with van der Waals surface area (Å²) in [5.41, 5.74) is 3.34. The van der Waals surface area contributed by atoms with E-state index in [1.807, 2.05) is 54.6 Å². The third kappa shape index (κ3) is 7.59. The van der Waals surface area contributed by atoms with Crippen LogP contribution in [0.5, 0.6) is 5.75 Å². The maximum absolute atomic E-state index is 12.1. The number of rotatable bonds is 13. The molecule has 1 amide bonds. The Labute approximate surface area is 212 Å². The Morgan fingerprint density at radius 3 is 2.49 bits per heavy atom. The van der Waals surface area contributed by atoms with Crippen LogP contribution in [0.4, 0.5) is 0 Å². The van der Waals surface area contributed by atoms with Crippen LogP contribution in [0.15, 0.2) is 78.9 Å². The number of unbranched alkanes of at least 4 members (excludes halogenated alkanes) is 2. The second-order valence-corrected chi connectivity index (χ2v) is 9.05. The van der Waals surface area contributed by atoms with Crippen molar-refractivity contribution in [3.8, 4) is 5.75 Å². The van der Waals surface area contributed by atoms with Crippen LogP contribution < -0.4 is 10.1 Å². The van der Waals surface area contributed by atoms with Crippen LogP contribution in [0.1, 0.15) is 37.1 Å². The summed E-state index contributed by atoms with van der Waals surface area (Å²) in [7, 11) is 0. The van der Waals surface area contributed by atoms with Gasteiger partial charge in [-0.25, -0.2) is 4.98 Å². The van der Waals surface area contributed by atoms with Crippen LogP contribution >= 0.6 is 11.6 Å². The summed E-state index contributed by atoms with van der Waals surface area (Å²) in [5, 5.41) is 3.75. The van der Waals surface area contributed by atoms with Crippen molar-refractivity contribution in [1.29, 1.82) is 0 Å². The second-order valence-electron chi connectivity index (χ2n) is 8.62. The molecule has 1 heterocycles. The third-order valence-corrected chi connectivity index (χ3v) is 6.27. The molecule has 0 unspecified atom stereocenters. The fraction of sp³-hybridized carbons (Fsp3) is 0.310. The second kappa shape index (κ2) is 13.0. The van der Waals surface area contributed by atoms with Crippen LogP contribution in [0.3, 0.4) is 0 Å². The van der Waals surface area contributed by atoms with Gasteiger partial charge in [-0.1, -0.05) is 60.5 Å². The molecule has 6 heteroatoms. The number of carbonyl (C=O) groups excluding carboxylic acids is 1. The van der Waals surface area contributed by atoms with Gasteiger partial charge in [-0.3, -0.25) is 4.79 Å². The molecule has 0 atom stereocenters. The Kier molecular flexibility index (Phi) is 9.18. The highest BCUT2D eigenvalue weighted by Gasteiger charge is 2.10. The Morgan fingerprint density at radius 2 is 1.66 bits per heavy atom. The Balaban J connectivity index is 1.20. The quantitative estimate of drug-likeness (QED) is 0.226. The summed E-state index contributed by atoms with van der Waals surface area (Å²) in [5.74, 6) is 2.01. The topological polar surface area (TPSA) is 56.2 Å². The van der Waals surface area contributed by atoms with Gasteiger partial charge in [0.15, 0.2) is 0 Å². The molecular formula is C29H32ClN3O2. The van der Waals surface area contributed by atoms with Gasteiger partial charge in [0.2, 0.25) is 5.91 Å². The monoisotopic (exact) mass is 489 g/mol. The summed E-state index contributed by atoms with van der Waals surface area (Å²) < 4.78 is 8.18. The molecule has 0 saturated carbocycles. The van der Waals surface area contributed by atoms with E-state index in [1.165, 1.54) is 5.56 Å². The molecule has 0 fully saturated rings. The van der Waals surface area contributed by atoms with E-state index in [4.69, 9.17) is 21.3 Å². The zero-order chi connectivity index (χ0) is 24.3. The molecular weight excluding hydrogens is 458 g/mol. The fourth-order valence-corrected chi connectivity index (χ4v) is 4.28. The number of hydrogen-bond donors (Lipinski definition) is 1. The van der Waals surface area contributed by atoms with Crippen molar-refractivity contribution in [3.63, 3.8) is 0 Å². The largest absolute Gasteiger partial charge is 0.492 e. The predicted octanol–water partition coefficient (Wildman–Crippen LogP) is 6.23. The minimum absolute atomic E-state index is 0.122. The molecule has 0 bridgehead atoms. The summed E-state index contributed by atoms with van der Waals surface area (Å²) in [6, 6.07) is 25.8. The smallest absolute Gasteiger partial charge is 0.220 e. The maximum atomic E-state index is 12.1. The van der Waals surface area contributed by atoms with Crippen LogP contribution in [-0.2, 0) is 24.2 Å². The van der Waals surface area contributed by atoms with Gasteiger partial charge in [-0.15, -0.1) is 0 Å². The van der Waals surface area contributed by atoms with E-state index in [9.17, 15) is 4.79 Å². The number of nitrogens with zero attached hydrogens (tertiary/aromatic N) is 2. The molecule has 0 radical (unpaired) electrons. The molecule has 5 nitrogen and oxygen atoms in total. The SMILES string of the molecule is O=C(CCc1ccccc1)NCCCCCc1nc2ccccc2n1CCOc1ccc(Cl)cc1. The number of imidazole rings is 1. The van der Waals surface area contributed by atoms with Gasteiger partial charge in [0.25, 0.3) is 0 Å². The van der Waals surface area contributed by atoms with E-state index in [-0.39, 0.29) is 5.91 Å². The third-order valence-electron chi connectivity index (χ3n) is 6.01. The fourth-order valence-electron chi connectivity index (χ4n) is 4.15. The molecule has 4 rings (SSSR count). The lowest BCUT2D eigenvalue weighted by Gasteiger charge is -2.11. The van der Waals surface area contributed by atoms with Crippen molar-refractivity contribution in [2.24, 2.45) is 0 Å². The first-order valence-electron chi connectivity index (χ1n) is 12.3. The molecule has 35 heavy (non-hydrogen) atoms. The zero-order valence-electron chi connectivity index (χ0n) is 20.0. The lowest BCUT2D eigenvalue weighted by molar-refractivity contribution is -0.121. The van der Waals surface area contributed by atoms with E-state index >= 15 is 0 Å². The first-order valence-corrected chi connectivity index (χ1v) is 12.7. The number of benzene rings is 3. The number of fused-ring (bicyclic) bond motifs is 1. The number of aryl methyl sites for hydroxylation is 2. The average molecular weight is 490 g/mol. The molecule has 182 valence electrons. The molecule has 0 spiro atoms. The number of carbonyl (C=O) groups is 1. The maximum Gasteiger partial charge on any atom is 0.220 e. The van der Waals surface area contributed by atoms with Crippen LogP contribution in [0, 0.1) is 0 Å². The van der Waals surface area contributed by atoms with Crippen molar-refractivity contribution < 1.29 is 9.53 Å². The molecule has 1 N–H and O–H groups in total. The lowest BCUT2D eigenvalue weighted by Crippen LogP contribution is -2.24. The normalized spacial score (nSPS) is 11.0. The van der Waals surface area contributed by atoms with Crippen molar-refractivity contribution in [2.45, 2.75) is 45.1 Å². The first-order chi connectivity index (χ1) is 17.2. The van der Waals surface area contributed by atoms with E-state index in [1.54, 1.807) is 0 Å². The lowest BCUT2D eigenvalue weighted by atomic mass is 10.1. The number of hydrogen-bond acceptors (Lipinski definition) is 3. The molecule has 4 aromatic rings. The number of ether oxygens (including phenoxy) is 1. The summed E-state index contributed by atoms with van der Waals surface area (Å²) in [4.78, 5) is 17.0. The number of nitrogens with one attached hydrogen (secondary N) is 1. The number of halogens is 1. The zero-order valence-corrected chi connectivity index (χ0v) is 20.7. The highest BCUT2D eigenvalue weighted by atomic mass is 35.5. The van der Waals surface area contributed by atoms with Crippen LogP contribution in [0.25, 0.3) is 11.0 Å². The van der Waals surface area contributed by atoms with Crippen molar-refractivity contribution in [3.05, 3.63) is 95.3 Å². The predicted molar refractivity (Wildman–Crippen MR) is 142 cm³/mol. The molecule has 0 saturated heterocycles. The van der Waals surface area contributed by atoms with Crippen molar-refractivity contribution >= 4 is 28.5 Å². The van der Waals surface area contributed by atoms with Crippen LogP contribution in [-0.4, -0.2) is 28.6 Å². The van der Waals surface area contributed by atoms with E-state index in [0.717, 1.165) is 67.8 Å². The highest BCUT2D eigenvalue weighted by Crippen LogP contribution is 2.19. The summed E-state index contributed by atoms with van der Waals surface area (Å²) >= 11 is 5.96. The summed E-state index contributed by atoms with van der Waals surface area (Å²) in [6.45, 7) is 2.01. The average Bonchev–Trinajstić information content (AvgIpc) is 3.24. The van der Waals surface area contributed by atoms with Gasteiger partial charge < -0.3 is 14.6 Å². The minimum Gasteiger partial charge on any atom is -0.492 e.